The second-order valence-electron chi connectivity index (χ2n) is 5.18. The summed E-state index contributed by atoms with van der Waals surface area (Å²) in [5.41, 5.74) is 1.72. The number of carbonyl (C=O) groups excluding carboxylic acids is 1. The third-order valence-electron chi connectivity index (χ3n) is 3.15. The zero-order chi connectivity index (χ0) is 11.9. The lowest BCUT2D eigenvalue weighted by atomic mass is 9.84. The van der Waals surface area contributed by atoms with Crippen LogP contribution in [0.15, 0.2) is 12.1 Å². The van der Waals surface area contributed by atoms with Crippen LogP contribution in [0.5, 0.6) is 0 Å². The molecular formula is C13H14Cl2O. The van der Waals surface area contributed by atoms with Crippen LogP contribution >= 0.6 is 23.2 Å². The first-order valence-electron chi connectivity index (χ1n) is 5.40. The average Bonchev–Trinajstić information content (AvgIpc) is 2.23. The SMILES string of the molecule is CC1(C)CCc2c(Cl)cc(Cl)cc2C(=O)C1. The van der Waals surface area contributed by atoms with Crippen LogP contribution in [0.25, 0.3) is 0 Å². The van der Waals surface area contributed by atoms with E-state index in [1.807, 2.05) is 0 Å². The molecule has 0 amide bonds. The van der Waals surface area contributed by atoms with Gasteiger partial charge in [0.15, 0.2) is 5.78 Å². The Bertz CT molecular complexity index is 449. The highest BCUT2D eigenvalue weighted by molar-refractivity contribution is 6.35. The minimum Gasteiger partial charge on any atom is -0.294 e. The summed E-state index contributed by atoms with van der Waals surface area (Å²) in [7, 11) is 0. The van der Waals surface area contributed by atoms with E-state index in [2.05, 4.69) is 13.8 Å². The molecule has 0 spiro atoms. The van der Waals surface area contributed by atoms with Gasteiger partial charge in [-0.3, -0.25) is 4.79 Å². The van der Waals surface area contributed by atoms with Crippen LogP contribution in [-0.4, -0.2) is 5.78 Å². The third kappa shape index (κ3) is 2.26. The van der Waals surface area contributed by atoms with E-state index in [0.717, 1.165) is 18.4 Å². The number of halogens is 2. The van der Waals surface area contributed by atoms with Crippen molar-refractivity contribution < 1.29 is 4.79 Å². The van der Waals surface area contributed by atoms with E-state index in [4.69, 9.17) is 23.2 Å². The molecule has 0 aliphatic heterocycles. The normalized spacial score (nSPS) is 19.1. The first kappa shape index (κ1) is 11.9. The molecule has 0 fully saturated rings. The van der Waals surface area contributed by atoms with Gasteiger partial charge in [-0.05, 0) is 36.0 Å². The van der Waals surface area contributed by atoms with Gasteiger partial charge in [-0.15, -0.1) is 0 Å². The summed E-state index contributed by atoms with van der Waals surface area (Å²) in [6.45, 7) is 4.23. The predicted octanol–water partition coefficient (Wildman–Crippen LogP) is 4.54. The Morgan fingerprint density at radius 2 is 1.94 bits per heavy atom. The zero-order valence-corrected chi connectivity index (χ0v) is 11.0. The molecule has 0 aromatic heterocycles. The van der Waals surface area contributed by atoms with Crippen molar-refractivity contribution >= 4 is 29.0 Å². The van der Waals surface area contributed by atoms with Crippen LogP contribution in [0.1, 0.15) is 42.6 Å². The monoisotopic (exact) mass is 256 g/mol. The summed E-state index contributed by atoms with van der Waals surface area (Å²) in [5, 5.41) is 1.16. The Kier molecular flexibility index (Phi) is 3.02. The highest BCUT2D eigenvalue weighted by Gasteiger charge is 2.29. The molecule has 1 aromatic rings. The van der Waals surface area contributed by atoms with E-state index >= 15 is 0 Å². The van der Waals surface area contributed by atoms with Gasteiger partial charge in [0.05, 0.1) is 0 Å². The maximum atomic E-state index is 12.1. The molecule has 1 aliphatic carbocycles. The van der Waals surface area contributed by atoms with Gasteiger partial charge >= 0.3 is 0 Å². The molecule has 0 atom stereocenters. The van der Waals surface area contributed by atoms with Gasteiger partial charge in [0, 0.05) is 22.0 Å². The molecule has 2 rings (SSSR count). The van der Waals surface area contributed by atoms with Crippen LogP contribution in [0.4, 0.5) is 0 Å². The first-order chi connectivity index (χ1) is 7.39. The van der Waals surface area contributed by atoms with Gasteiger partial charge in [0.25, 0.3) is 0 Å². The Morgan fingerprint density at radius 1 is 1.25 bits per heavy atom. The number of ketones is 1. The average molecular weight is 257 g/mol. The van der Waals surface area contributed by atoms with Crippen LogP contribution in [0, 0.1) is 5.41 Å². The minimum atomic E-state index is 0.0475. The van der Waals surface area contributed by atoms with Gasteiger partial charge < -0.3 is 0 Å². The summed E-state index contributed by atoms with van der Waals surface area (Å²) < 4.78 is 0. The van der Waals surface area contributed by atoms with Crippen molar-refractivity contribution in [2.45, 2.75) is 33.1 Å². The summed E-state index contributed by atoms with van der Waals surface area (Å²) in [6, 6.07) is 3.46. The Morgan fingerprint density at radius 3 is 2.62 bits per heavy atom. The molecule has 1 nitrogen and oxygen atoms in total. The standard InChI is InChI=1S/C13H14Cl2O/c1-13(2)4-3-9-10(12(16)7-13)5-8(14)6-11(9)15/h5-6H,3-4,7H2,1-2H3. The van der Waals surface area contributed by atoms with Crippen LogP contribution in [-0.2, 0) is 6.42 Å². The molecule has 0 radical (unpaired) electrons. The summed E-state index contributed by atoms with van der Waals surface area (Å²) in [6.07, 6.45) is 2.40. The molecule has 1 aliphatic rings. The molecule has 0 unspecified atom stereocenters. The molecule has 0 heterocycles. The Labute approximate surface area is 106 Å². The number of fused-ring (bicyclic) bond motifs is 1. The van der Waals surface area contributed by atoms with Crippen LogP contribution < -0.4 is 0 Å². The quantitative estimate of drug-likeness (QED) is 0.623. The van der Waals surface area contributed by atoms with Gasteiger partial charge in [-0.2, -0.15) is 0 Å². The Hall–Kier alpha value is -0.530. The smallest absolute Gasteiger partial charge is 0.163 e. The number of rotatable bonds is 0. The van der Waals surface area contributed by atoms with Crippen molar-refractivity contribution in [3.05, 3.63) is 33.3 Å². The van der Waals surface area contributed by atoms with Crippen molar-refractivity contribution in [2.24, 2.45) is 5.41 Å². The van der Waals surface area contributed by atoms with Crippen molar-refractivity contribution in [2.75, 3.05) is 0 Å². The molecule has 0 bridgehead atoms. The molecule has 3 heteroatoms. The zero-order valence-electron chi connectivity index (χ0n) is 9.44. The van der Waals surface area contributed by atoms with Crippen molar-refractivity contribution in [3.8, 4) is 0 Å². The second kappa shape index (κ2) is 4.05. The fraction of sp³-hybridized carbons (Fsp3) is 0.462. The van der Waals surface area contributed by atoms with Crippen molar-refractivity contribution in [3.63, 3.8) is 0 Å². The van der Waals surface area contributed by atoms with Crippen molar-refractivity contribution in [1.82, 2.24) is 0 Å². The lowest BCUT2D eigenvalue weighted by Gasteiger charge is -2.20. The molecule has 0 saturated heterocycles. The van der Waals surface area contributed by atoms with E-state index in [-0.39, 0.29) is 11.2 Å². The van der Waals surface area contributed by atoms with Gasteiger partial charge in [0.2, 0.25) is 0 Å². The summed E-state index contributed by atoms with van der Waals surface area (Å²) in [5.74, 6) is 0.155. The van der Waals surface area contributed by atoms with E-state index in [1.165, 1.54) is 0 Å². The maximum Gasteiger partial charge on any atom is 0.163 e. The number of hydrogen-bond acceptors (Lipinski definition) is 1. The van der Waals surface area contributed by atoms with Crippen LogP contribution in [0.3, 0.4) is 0 Å². The van der Waals surface area contributed by atoms with Gasteiger partial charge in [-0.25, -0.2) is 0 Å². The largest absolute Gasteiger partial charge is 0.294 e. The molecule has 16 heavy (non-hydrogen) atoms. The van der Waals surface area contributed by atoms with E-state index in [9.17, 15) is 4.79 Å². The van der Waals surface area contributed by atoms with Crippen LogP contribution in [0.2, 0.25) is 10.0 Å². The van der Waals surface area contributed by atoms with E-state index in [0.29, 0.717) is 22.0 Å². The topological polar surface area (TPSA) is 17.1 Å². The second-order valence-corrected chi connectivity index (χ2v) is 6.02. The number of hydrogen-bond donors (Lipinski definition) is 0. The lowest BCUT2D eigenvalue weighted by molar-refractivity contribution is 0.0934. The molecule has 86 valence electrons. The predicted molar refractivity (Wildman–Crippen MR) is 67.5 cm³/mol. The summed E-state index contributed by atoms with van der Waals surface area (Å²) >= 11 is 12.1. The first-order valence-corrected chi connectivity index (χ1v) is 6.16. The third-order valence-corrected chi connectivity index (χ3v) is 3.71. The molecule has 1 aromatic carbocycles. The van der Waals surface area contributed by atoms with Crippen molar-refractivity contribution in [1.29, 1.82) is 0 Å². The molecular weight excluding hydrogens is 243 g/mol. The maximum absolute atomic E-state index is 12.1. The van der Waals surface area contributed by atoms with E-state index < -0.39 is 0 Å². The number of carbonyl (C=O) groups is 1. The fourth-order valence-electron chi connectivity index (χ4n) is 2.19. The number of benzene rings is 1. The highest BCUT2D eigenvalue weighted by atomic mass is 35.5. The number of Topliss-reactive ketones (excluding diaryl/α,β-unsaturated/α-hetero) is 1. The fourth-order valence-corrected chi connectivity index (χ4v) is 2.78. The molecule has 0 saturated carbocycles. The minimum absolute atomic E-state index is 0.0475. The highest BCUT2D eigenvalue weighted by Crippen LogP contribution is 2.37. The summed E-state index contributed by atoms with van der Waals surface area (Å²) in [4.78, 5) is 12.1. The molecule has 0 N–H and O–H groups in total. The Balaban J connectivity index is 2.53. The van der Waals surface area contributed by atoms with Gasteiger partial charge in [0.1, 0.15) is 0 Å². The van der Waals surface area contributed by atoms with E-state index in [1.54, 1.807) is 12.1 Å². The van der Waals surface area contributed by atoms with Gasteiger partial charge in [-0.1, -0.05) is 37.0 Å². The lowest BCUT2D eigenvalue weighted by Crippen LogP contribution is -2.14.